The number of rotatable bonds is 16. The number of alkyl carbamates (subject to hydrolysis) is 2. The standard InChI is InChI=1S/C18H27NO4.C14H19NO4/c1-18(2,3)23-16(20)12-8-5-9-13-19-17(21)22-14-15-10-6-4-7-11-15;16-13(17)9-5-2-6-10-15-14(18)19-11-12-7-3-1-4-8-12/h4,6-7,10-11H,5,8-9,12-14H2,1-3H3,(H,19,21);1,3-4,7-8H,2,5-6,9-11H2,(H,15,18)(H,16,17). The number of nitrogens with one attached hydrogen (secondary N) is 2. The maximum absolute atomic E-state index is 11.5. The van der Waals surface area contributed by atoms with Crippen LogP contribution in [0.25, 0.3) is 0 Å². The molecular formula is C32H46N2O8. The van der Waals surface area contributed by atoms with E-state index in [-0.39, 0.29) is 25.6 Å². The molecular weight excluding hydrogens is 540 g/mol. The van der Waals surface area contributed by atoms with Gasteiger partial charge in [-0.2, -0.15) is 0 Å². The van der Waals surface area contributed by atoms with Gasteiger partial charge >= 0.3 is 24.1 Å². The Morgan fingerprint density at radius 2 is 1.07 bits per heavy atom. The minimum absolute atomic E-state index is 0.173. The van der Waals surface area contributed by atoms with E-state index >= 15 is 0 Å². The van der Waals surface area contributed by atoms with E-state index in [0.29, 0.717) is 25.9 Å². The van der Waals surface area contributed by atoms with Gasteiger partial charge in [0, 0.05) is 25.9 Å². The number of ether oxygens (including phenoxy) is 3. The number of hydrogen-bond donors (Lipinski definition) is 3. The highest BCUT2D eigenvalue weighted by Crippen LogP contribution is 2.10. The Kier molecular flexibility index (Phi) is 18.5. The molecule has 0 heterocycles. The van der Waals surface area contributed by atoms with E-state index in [1.165, 1.54) is 0 Å². The molecule has 232 valence electrons. The van der Waals surface area contributed by atoms with Gasteiger partial charge in [-0.05, 0) is 57.6 Å². The summed E-state index contributed by atoms with van der Waals surface area (Å²) in [6.45, 7) is 7.15. The van der Waals surface area contributed by atoms with E-state index in [2.05, 4.69) is 10.6 Å². The van der Waals surface area contributed by atoms with Gasteiger partial charge in [0.1, 0.15) is 18.8 Å². The molecule has 0 spiro atoms. The predicted octanol–water partition coefficient (Wildman–Crippen LogP) is 6.37. The number of carboxylic acid groups (broad SMARTS) is 1. The number of esters is 1. The van der Waals surface area contributed by atoms with E-state index < -0.39 is 23.8 Å². The molecule has 2 rings (SSSR count). The van der Waals surface area contributed by atoms with Crippen molar-refractivity contribution in [3.63, 3.8) is 0 Å². The van der Waals surface area contributed by atoms with Gasteiger partial charge in [-0.1, -0.05) is 73.5 Å². The lowest BCUT2D eigenvalue weighted by molar-refractivity contribution is -0.155. The third-order valence-electron chi connectivity index (χ3n) is 5.51. The first-order valence-electron chi connectivity index (χ1n) is 14.4. The maximum atomic E-state index is 11.5. The molecule has 0 aliphatic rings. The van der Waals surface area contributed by atoms with Gasteiger partial charge in [-0.3, -0.25) is 9.59 Å². The molecule has 0 radical (unpaired) electrons. The second kappa shape index (κ2) is 21.6. The fraction of sp³-hybridized carbons (Fsp3) is 0.500. The molecule has 0 aliphatic carbocycles. The number of carbonyl (C=O) groups is 4. The number of carboxylic acids is 1. The monoisotopic (exact) mass is 586 g/mol. The summed E-state index contributed by atoms with van der Waals surface area (Å²) in [5.74, 6) is -0.956. The number of aliphatic carboxylic acids is 1. The van der Waals surface area contributed by atoms with E-state index in [1.54, 1.807) is 0 Å². The van der Waals surface area contributed by atoms with Crippen LogP contribution in [-0.4, -0.2) is 47.9 Å². The summed E-state index contributed by atoms with van der Waals surface area (Å²) in [5.41, 5.74) is 1.47. The minimum atomic E-state index is -0.782. The van der Waals surface area contributed by atoms with Gasteiger partial charge in [0.2, 0.25) is 0 Å². The van der Waals surface area contributed by atoms with Crippen LogP contribution in [0.15, 0.2) is 60.7 Å². The average molecular weight is 587 g/mol. The molecule has 10 heteroatoms. The summed E-state index contributed by atoms with van der Waals surface area (Å²) < 4.78 is 15.4. The molecule has 0 bridgehead atoms. The van der Waals surface area contributed by atoms with E-state index in [0.717, 1.165) is 43.2 Å². The SMILES string of the molecule is CC(C)(C)OC(=O)CCCCCNC(=O)OCc1ccccc1.O=C(O)CCCCCNC(=O)OCc1ccccc1. The molecule has 2 aromatic carbocycles. The van der Waals surface area contributed by atoms with Crippen LogP contribution in [-0.2, 0) is 37.0 Å². The Bertz CT molecular complexity index is 1040. The minimum Gasteiger partial charge on any atom is -0.481 e. The third-order valence-corrected chi connectivity index (χ3v) is 5.51. The van der Waals surface area contributed by atoms with Crippen molar-refractivity contribution in [2.45, 2.75) is 91.0 Å². The second-order valence-corrected chi connectivity index (χ2v) is 10.6. The van der Waals surface area contributed by atoms with Crippen LogP contribution in [0.3, 0.4) is 0 Å². The van der Waals surface area contributed by atoms with Crippen LogP contribution in [0, 0.1) is 0 Å². The van der Waals surface area contributed by atoms with E-state index in [4.69, 9.17) is 19.3 Å². The van der Waals surface area contributed by atoms with Gasteiger partial charge < -0.3 is 30.0 Å². The van der Waals surface area contributed by atoms with Gasteiger partial charge in [-0.25, -0.2) is 9.59 Å². The first kappa shape index (κ1) is 35.9. The first-order valence-corrected chi connectivity index (χ1v) is 14.4. The summed E-state index contributed by atoms with van der Waals surface area (Å²) in [4.78, 5) is 44.6. The highest BCUT2D eigenvalue weighted by molar-refractivity contribution is 5.69. The molecule has 0 aliphatic heterocycles. The molecule has 0 fully saturated rings. The highest BCUT2D eigenvalue weighted by Gasteiger charge is 2.15. The lowest BCUT2D eigenvalue weighted by Gasteiger charge is -2.19. The van der Waals surface area contributed by atoms with Crippen LogP contribution < -0.4 is 10.6 Å². The fourth-order valence-corrected chi connectivity index (χ4v) is 3.47. The van der Waals surface area contributed by atoms with Gasteiger partial charge in [0.25, 0.3) is 0 Å². The van der Waals surface area contributed by atoms with Crippen molar-refractivity contribution in [3.8, 4) is 0 Å². The van der Waals surface area contributed by atoms with Crippen molar-refractivity contribution in [2.24, 2.45) is 0 Å². The summed E-state index contributed by atoms with van der Waals surface area (Å²) in [6.07, 6.45) is 4.34. The predicted molar refractivity (Wildman–Crippen MR) is 160 cm³/mol. The lowest BCUT2D eigenvalue weighted by atomic mass is 10.1. The quantitative estimate of drug-likeness (QED) is 0.117. The summed E-state index contributed by atoms with van der Waals surface area (Å²) in [7, 11) is 0. The van der Waals surface area contributed by atoms with Crippen LogP contribution in [0.2, 0.25) is 0 Å². The van der Waals surface area contributed by atoms with Crippen molar-refractivity contribution in [1.29, 1.82) is 0 Å². The number of amides is 2. The van der Waals surface area contributed by atoms with Gasteiger partial charge in [0.05, 0.1) is 0 Å². The van der Waals surface area contributed by atoms with Gasteiger partial charge in [-0.15, -0.1) is 0 Å². The molecule has 0 unspecified atom stereocenters. The molecule has 2 aromatic rings. The van der Waals surface area contributed by atoms with Crippen LogP contribution in [0.5, 0.6) is 0 Å². The second-order valence-electron chi connectivity index (χ2n) is 10.6. The van der Waals surface area contributed by atoms with Crippen LogP contribution >= 0.6 is 0 Å². The maximum Gasteiger partial charge on any atom is 0.407 e. The molecule has 0 atom stereocenters. The highest BCUT2D eigenvalue weighted by atomic mass is 16.6. The molecule has 3 N–H and O–H groups in total. The fourth-order valence-electron chi connectivity index (χ4n) is 3.47. The van der Waals surface area contributed by atoms with E-state index in [1.807, 2.05) is 81.4 Å². The van der Waals surface area contributed by atoms with Crippen molar-refractivity contribution in [2.75, 3.05) is 13.1 Å². The van der Waals surface area contributed by atoms with Crippen LogP contribution in [0.4, 0.5) is 9.59 Å². The summed E-state index contributed by atoms with van der Waals surface area (Å²) in [5, 5.41) is 13.8. The normalized spacial score (nSPS) is 10.5. The molecule has 2 amide bonds. The molecule has 42 heavy (non-hydrogen) atoms. The van der Waals surface area contributed by atoms with Crippen molar-refractivity contribution < 1.29 is 38.5 Å². The number of hydrogen-bond acceptors (Lipinski definition) is 7. The number of unbranched alkanes of at least 4 members (excludes halogenated alkanes) is 4. The molecule has 0 saturated heterocycles. The third kappa shape index (κ3) is 21.7. The Morgan fingerprint density at radius 3 is 1.48 bits per heavy atom. The van der Waals surface area contributed by atoms with Crippen molar-refractivity contribution in [3.05, 3.63) is 71.8 Å². The Morgan fingerprint density at radius 1 is 0.643 bits per heavy atom. The molecule has 10 nitrogen and oxygen atoms in total. The Labute approximate surface area is 249 Å². The largest absolute Gasteiger partial charge is 0.481 e. The molecule has 0 saturated carbocycles. The summed E-state index contributed by atoms with van der Waals surface area (Å²) in [6, 6.07) is 19.0. The van der Waals surface area contributed by atoms with Crippen molar-refractivity contribution >= 4 is 24.1 Å². The number of benzene rings is 2. The zero-order valence-electron chi connectivity index (χ0n) is 25.1. The molecule has 0 aromatic heterocycles. The average Bonchev–Trinajstić information content (AvgIpc) is 2.95. The van der Waals surface area contributed by atoms with Crippen molar-refractivity contribution in [1.82, 2.24) is 10.6 Å². The summed E-state index contributed by atoms with van der Waals surface area (Å²) >= 11 is 0. The zero-order valence-corrected chi connectivity index (χ0v) is 25.1. The zero-order chi connectivity index (χ0) is 31.1. The number of carbonyl (C=O) groups excluding carboxylic acids is 3. The van der Waals surface area contributed by atoms with E-state index in [9.17, 15) is 19.2 Å². The Balaban J connectivity index is 0.000000428. The topological polar surface area (TPSA) is 140 Å². The van der Waals surface area contributed by atoms with Gasteiger partial charge in [0.15, 0.2) is 0 Å². The first-order chi connectivity index (χ1) is 20.0. The Hall–Kier alpha value is -4.08. The lowest BCUT2D eigenvalue weighted by Crippen LogP contribution is -2.25. The smallest absolute Gasteiger partial charge is 0.407 e. The van der Waals surface area contributed by atoms with Crippen LogP contribution in [0.1, 0.15) is 83.3 Å².